The van der Waals surface area contributed by atoms with E-state index in [1.807, 2.05) is 0 Å². The number of nitrogens with one attached hydrogen (secondary N) is 6. The monoisotopic (exact) mass is 1990 g/mol. The number of carbonyl (C=O) groups is 7. The van der Waals surface area contributed by atoms with Crippen LogP contribution in [0.25, 0.3) is 0 Å². The molecule has 784 valence electrons. The lowest BCUT2D eigenvalue weighted by Crippen LogP contribution is -2.71. The summed E-state index contributed by atoms with van der Waals surface area (Å²) in [4.78, 5) is 89.4. The molecule has 10 fully saturated rings. The zero-order valence-electron chi connectivity index (χ0n) is 72.9. The predicted octanol–water partition coefficient (Wildman–Crippen LogP) is -23.8. The van der Waals surface area contributed by atoms with E-state index < -0.39 is 433 Å². The van der Waals surface area contributed by atoms with E-state index in [4.69, 9.17) is 90.0 Å². The standard InChI is InChI=1S/C75H124N6O55/c1-18(91)76-36-48(106)57(28(11-86)120-65(36)115)129-67-38(78-20(3)93)50(108)60(31(14-89)124-67)132-71-56(114)62(133-73-64(54(112)44(102)27(10-85)123-73)135-69-39(79-21(4)94)49(107)58(29(12-87)125-69)130-66-37(77-19(2)92)47(105)42(100)25(8-83)121-66)46(104)32(127-71)16-118-72-63(53(111)43(101)26(9-84)122-72)134-68-40(80-22(5)95)51(109)59(30(13-88)126-68)131-70-55(113)52(110)45(103)33(128-70)17-119-75(74(116)117)6-23(96)35(81-34(98)15-90)61(136-75)41(99)24(97)7-82/h23-33,35-73,82-90,96-97,99-115H,6-17H2,1-5H3,(H,76,91)(H,77,92)(H,78,93)(H,79,94)(H,80,95)(H,81,98)(H,116,117)/t23-,24+,25+,26+,27+,28+,29+,30+,31+,32+,33+,35+,36+,37+,38+,39+,40+,41+,42-,43+,44+,45-,46+,47+,48+,49+,50+,51+,52-,53-,54-,55+,56-,57+,58+,59+,60+,61+,62-,63-,64-,65+,66-,67-,68-,69-,70-,71-,72-,73+,75+/m0/s1. The summed E-state index contributed by atoms with van der Waals surface area (Å²) in [5.41, 5.74) is 0. The number of rotatable bonds is 38. The first-order chi connectivity index (χ1) is 64.2. The molecule has 51 atom stereocenters. The van der Waals surface area contributed by atoms with Crippen molar-refractivity contribution in [3.8, 4) is 0 Å². The molecule has 0 radical (unpaired) electrons. The van der Waals surface area contributed by atoms with Crippen LogP contribution in [0, 0.1) is 0 Å². The lowest BCUT2D eigenvalue weighted by Gasteiger charge is -2.51. The summed E-state index contributed by atoms with van der Waals surface area (Å²) in [6.07, 6.45) is -97.8. The number of carbonyl (C=O) groups excluding carboxylic acids is 6. The lowest BCUT2D eigenvalue weighted by molar-refractivity contribution is -0.398. The molecule has 0 saturated carbocycles. The molecule has 0 aromatic rings. The number of carboxylic acids is 1. The third-order valence-corrected chi connectivity index (χ3v) is 24.4. The van der Waals surface area contributed by atoms with Crippen LogP contribution in [0.2, 0.25) is 0 Å². The van der Waals surface area contributed by atoms with Crippen molar-refractivity contribution in [2.45, 2.75) is 353 Å². The average molecular weight is 1990 g/mol. The minimum absolute atomic E-state index is 0.818. The molecule has 10 aliphatic heterocycles. The zero-order valence-corrected chi connectivity index (χ0v) is 72.9. The largest absolute Gasteiger partial charge is 0.477 e. The molecule has 10 heterocycles. The van der Waals surface area contributed by atoms with Crippen LogP contribution >= 0.6 is 0 Å². The first-order valence-corrected chi connectivity index (χ1v) is 42.9. The van der Waals surface area contributed by atoms with Crippen molar-refractivity contribution >= 4 is 41.4 Å². The molecule has 61 heteroatoms. The Hall–Kier alpha value is -5.59. The van der Waals surface area contributed by atoms with Crippen LogP contribution in [0.4, 0.5) is 0 Å². The molecular formula is C75H124N6O55. The van der Waals surface area contributed by atoms with E-state index in [0.717, 1.165) is 34.6 Å². The molecule has 0 aliphatic carbocycles. The summed E-state index contributed by atoms with van der Waals surface area (Å²) in [6.45, 7) is -8.52. The Bertz CT molecular complexity index is 3840. The van der Waals surface area contributed by atoms with E-state index in [-0.39, 0.29) is 0 Å². The molecule has 0 unspecified atom stereocenters. The van der Waals surface area contributed by atoms with Gasteiger partial charge in [-0.3, -0.25) is 28.8 Å². The summed E-state index contributed by atoms with van der Waals surface area (Å²) in [5.74, 6) is -11.2. The molecule has 0 aromatic heterocycles. The second kappa shape index (κ2) is 49.1. The van der Waals surface area contributed by atoms with Crippen LogP contribution in [-0.4, -0.2) is 574 Å². The van der Waals surface area contributed by atoms with Crippen molar-refractivity contribution in [2.75, 3.05) is 72.7 Å². The van der Waals surface area contributed by atoms with Crippen LogP contribution < -0.4 is 31.9 Å². The maximum Gasteiger partial charge on any atom is 0.364 e. The summed E-state index contributed by atoms with van der Waals surface area (Å²) in [6, 6.07) is -11.3. The fourth-order valence-corrected chi connectivity index (χ4v) is 17.3. The van der Waals surface area contributed by atoms with E-state index in [1.165, 1.54) is 0 Å². The van der Waals surface area contributed by atoms with Gasteiger partial charge in [-0.1, -0.05) is 0 Å². The van der Waals surface area contributed by atoms with Crippen molar-refractivity contribution in [3.63, 3.8) is 0 Å². The summed E-state index contributed by atoms with van der Waals surface area (Å²) in [5, 5.41) is 338. The van der Waals surface area contributed by atoms with Gasteiger partial charge in [0, 0.05) is 41.0 Å². The molecule has 10 rings (SSSR count). The van der Waals surface area contributed by atoms with Crippen molar-refractivity contribution < 1.29 is 272 Å². The molecule has 6 amide bonds. The first-order valence-electron chi connectivity index (χ1n) is 42.9. The molecule has 35 N–H and O–H groups in total. The fourth-order valence-electron chi connectivity index (χ4n) is 17.3. The molecule has 10 saturated heterocycles. The highest BCUT2D eigenvalue weighted by Gasteiger charge is 2.63. The maximum atomic E-state index is 13.2. The third kappa shape index (κ3) is 25.2. The van der Waals surface area contributed by atoms with Gasteiger partial charge in [0.25, 0.3) is 5.79 Å². The van der Waals surface area contributed by atoms with Gasteiger partial charge in [-0.05, 0) is 0 Å². The van der Waals surface area contributed by atoms with E-state index in [0.29, 0.717) is 0 Å². The number of amides is 6. The maximum absolute atomic E-state index is 13.2. The van der Waals surface area contributed by atoms with Gasteiger partial charge < -0.3 is 270 Å². The number of aliphatic carboxylic acids is 1. The summed E-state index contributed by atoms with van der Waals surface area (Å²) in [7, 11) is 0. The lowest BCUT2D eigenvalue weighted by atomic mass is 9.88. The second-order valence-corrected chi connectivity index (χ2v) is 33.9. The Labute approximate surface area is 768 Å². The van der Waals surface area contributed by atoms with Gasteiger partial charge in [-0.25, -0.2) is 4.79 Å². The third-order valence-electron chi connectivity index (χ3n) is 24.4. The Morgan fingerprint density at radius 2 is 0.640 bits per heavy atom. The normalized spacial score (nSPS) is 46.2. The number of ether oxygens (including phenoxy) is 19. The van der Waals surface area contributed by atoms with E-state index in [1.54, 1.807) is 0 Å². The Kier molecular flexibility index (Phi) is 40.6. The highest BCUT2D eigenvalue weighted by molar-refractivity contribution is 5.78. The topological polar surface area (TPSA) is 954 Å². The molecule has 0 aromatic carbocycles. The van der Waals surface area contributed by atoms with Crippen LogP contribution in [0.3, 0.4) is 0 Å². The van der Waals surface area contributed by atoms with Crippen molar-refractivity contribution in [1.82, 2.24) is 31.9 Å². The highest BCUT2D eigenvalue weighted by atomic mass is 16.8. The molecule has 0 spiro atoms. The van der Waals surface area contributed by atoms with Crippen molar-refractivity contribution in [2.24, 2.45) is 0 Å². The first kappa shape index (κ1) is 112. The van der Waals surface area contributed by atoms with Crippen molar-refractivity contribution in [1.29, 1.82) is 0 Å². The number of carboxylic acid groups (broad SMARTS) is 1. The van der Waals surface area contributed by atoms with Crippen LogP contribution in [0.15, 0.2) is 0 Å². The quantitative estimate of drug-likeness (QED) is 0.0273. The van der Waals surface area contributed by atoms with Gasteiger partial charge in [-0.15, -0.1) is 0 Å². The molecule has 136 heavy (non-hydrogen) atoms. The van der Waals surface area contributed by atoms with Gasteiger partial charge >= 0.3 is 5.97 Å². The fraction of sp³-hybridized carbons (Fsp3) is 0.907. The number of aliphatic hydroxyl groups is 28. The van der Waals surface area contributed by atoms with E-state index >= 15 is 0 Å². The predicted molar refractivity (Wildman–Crippen MR) is 418 cm³/mol. The van der Waals surface area contributed by atoms with Gasteiger partial charge in [0.2, 0.25) is 35.4 Å². The zero-order chi connectivity index (χ0) is 101. The summed E-state index contributed by atoms with van der Waals surface area (Å²) < 4.78 is 113. The minimum Gasteiger partial charge on any atom is -0.477 e. The Morgan fingerprint density at radius 1 is 0.316 bits per heavy atom. The van der Waals surface area contributed by atoms with Crippen LogP contribution in [0.1, 0.15) is 41.0 Å². The average Bonchev–Trinajstić information content (AvgIpc) is 0.763. The van der Waals surface area contributed by atoms with Gasteiger partial charge in [0.15, 0.2) is 56.6 Å². The molecule has 0 bridgehead atoms. The second-order valence-electron chi connectivity index (χ2n) is 33.9. The number of hydrogen-bond donors (Lipinski definition) is 35. The van der Waals surface area contributed by atoms with Crippen LogP contribution in [0.5, 0.6) is 0 Å². The Morgan fingerprint density at radius 3 is 1.04 bits per heavy atom. The smallest absolute Gasteiger partial charge is 0.364 e. The van der Waals surface area contributed by atoms with Gasteiger partial charge in [0.05, 0.1) is 78.2 Å². The minimum atomic E-state index is -3.17. The highest BCUT2D eigenvalue weighted by Crippen LogP contribution is 2.42. The molecule has 61 nitrogen and oxygen atoms in total. The van der Waals surface area contributed by atoms with Gasteiger partial charge in [-0.2, -0.15) is 0 Å². The number of hydrogen-bond acceptors (Lipinski definition) is 54. The summed E-state index contributed by atoms with van der Waals surface area (Å²) >= 11 is 0. The van der Waals surface area contributed by atoms with E-state index in [2.05, 4.69) is 31.9 Å². The molecular weight excluding hydrogens is 1860 g/mol. The van der Waals surface area contributed by atoms with E-state index in [9.17, 15) is 182 Å². The molecule has 10 aliphatic rings. The number of aliphatic hydroxyl groups excluding tert-OH is 28. The Balaban J connectivity index is 0.958. The van der Waals surface area contributed by atoms with Gasteiger partial charge in [0.1, 0.15) is 244 Å². The SMILES string of the molecule is CC(=O)N[C@@H]1[C@@H](O)[C@H](O[C@@H]2O[C@H](CO)[C@@H](O[C@@H]3O[C@H](CO[C@H]4O[C@H](CO)[C@@H](O)[C@H](O)[C@@H]4O[C@@H]4O[C@H](CO)[C@@H](O[C@@H]5O[C@H](CO[C@]6(C(=O)O)C[C@H](O)[C@@H](NC(=O)CO)[C@H]([C@H](O)[C@H](O)CO)O6)[C@H](O)[C@H](O)[C@H]5O)[C@H](O)[C@H]4NC(C)=O)[C@@H](O)[C@H](O[C@H]4O[C@H](CO)[C@@H](O)[C@H](O)[C@@H]4O[C@@H]4O[C@H](CO)[C@@H](O[C@@H]5O[C@H](CO)[C@H](O)[C@H](O)[C@H]5NC(C)=O)[C@H](O)[C@H]4NC(C)=O)[C@@H]3O)[C@H](O)[C@H]2NC(C)=O)[C@@H](CO)O[C@H]1O. The van der Waals surface area contributed by atoms with Crippen LogP contribution in [-0.2, 0) is 124 Å². The van der Waals surface area contributed by atoms with Crippen molar-refractivity contribution in [3.05, 3.63) is 0 Å².